The Morgan fingerprint density at radius 3 is 2.68 bits per heavy atom. The molecule has 102 valence electrons. The molecule has 0 unspecified atom stereocenters. The number of carbonyl (C=O) groups is 1. The van der Waals surface area contributed by atoms with Crippen LogP contribution >= 0.6 is 11.6 Å². The van der Waals surface area contributed by atoms with E-state index in [2.05, 4.69) is 17.2 Å². The van der Waals surface area contributed by atoms with E-state index in [9.17, 15) is 4.79 Å². The molecule has 0 fully saturated rings. The number of nitrogens with two attached hydrogens (primary N) is 1. The first kappa shape index (κ1) is 15.4. The van der Waals surface area contributed by atoms with Crippen molar-refractivity contribution >= 4 is 23.3 Å². The molecule has 0 aliphatic rings. The standard InChI is InChI=1S/C14H18ClN3O/c1-3-18(4-2)14(19)17-13-10-12(15)8-7-11(13)6-5-9-16/h7-8,10H,3-4,9,16H2,1-2H3,(H,17,19). The van der Waals surface area contributed by atoms with Gasteiger partial charge in [0, 0.05) is 23.7 Å². The Morgan fingerprint density at radius 2 is 2.11 bits per heavy atom. The number of halogens is 1. The molecule has 2 amide bonds. The Balaban J connectivity index is 2.98. The largest absolute Gasteiger partial charge is 0.325 e. The van der Waals surface area contributed by atoms with Crippen molar-refractivity contribution in [3.63, 3.8) is 0 Å². The minimum absolute atomic E-state index is 0.164. The molecule has 1 aromatic rings. The van der Waals surface area contributed by atoms with Gasteiger partial charge in [0.05, 0.1) is 12.2 Å². The Bertz CT molecular complexity index is 501. The predicted octanol–water partition coefficient (Wildman–Crippen LogP) is 2.52. The molecule has 0 heterocycles. The fourth-order valence-electron chi connectivity index (χ4n) is 1.58. The number of urea groups is 1. The first-order valence-electron chi connectivity index (χ1n) is 6.16. The average Bonchev–Trinajstić information content (AvgIpc) is 2.39. The van der Waals surface area contributed by atoms with Gasteiger partial charge in [-0.15, -0.1) is 0 Å². The Hall–Kier alpha value is -1.70. The van der Waals surface area contributed by atoms with E-state index < -0.39 is 0 Å². The van der Waals surface area contributed by atoms with Crippen molar-refractivity contribution in [2.45, 2.75) is 13.8 Å². The highest BCUT2D eigenvalue weighted by Gasteiger charge is 2.11. The number of benzene rings is 1. The minimum atomic E-state index is -0.164. The summed E-state index contributed by atoms with van der Waals surface area (Å²) in [6, 6.07) is 5.02. The summed E-state index contributed by atoms with van der Waals surface area (Å²) in [5.41, 5.74) is 6.66. The lowest BCUT2D eigenvalue weighted by Gasteiger charge is -2.19. The van der Waals surface area contributed by atoms with Gasteiger partial charge in [-0.2, -0.15) is 0 Å². The fourth-order valence-corrected chi connectivity index (χ4v) is 1.75. The second kappa shape index (κ2) is 7.67. The molecule has 0 saturated carbocycles. The maximum atomic E-state index is 12.0. The van der Waals surface area contributed by atoms with Crippen molar-refractivity contribution in [1.82, 2.24) is 4.90 Å². The summed E-state index contributed by atoms with van der Waals surface area (Å²) in [4.78, 5) is 13.7. The molecule has 3 N–H and O–H groups in total. The summed E-state index contributed by atoms with van der Waals surface area (Å²) < 4.78 is 0. The van der Waals surface area contributed by atoms with Crippen LogP contribution in [0.5, 0.6) is 0 Å². The van der Waals surface area contributed by atoms with Gasteiger partial charge in [0.15, 0.2) is 0 Å². The van der Waals surface area contributed by atoms with Crippen LogP contribution in [-0.4, -0.2) is 30.6 Å². The van der Waals surface area contributed by atoms with Crippen molar-refractivity contribution in [2.24, 2.45) is 5.73 Å². The summed E-state index contributed by atoms with van der Waals surface area (Å²) in [6.45, 7) is 5.41. The highest BCUT2D eigenvalue weighted by molar-refractivity contribution is 6.31. The number of rotatable bonds is 3. The quantitative estimate of drug-likeness (QED) is 0.836. The van der Waals surface area contributed by atoms with Gasteiger partial charge in [-0.3, -0.25) is 0 Å². The van der Waals surface area contributed by atoms with E-state index in [0.29, 0.717) is 29.4 Å². The molecule has 19 heavy (non-hydrogen) atoms. The zero-order valence-corrected chi connectivity index (χ0v) is 11.9. The average molecular weight is 280 g/mol. The molecule has 1 aromatic carbocycles. The summed E-state index contributed by atoms with van der Waals surface area (Å²) >= 11 is 5.94. The Labute approximate surface area is 118 Å². The second-order valence-electron chi connectivity index (χ2n) is 3.80. The molecule has 1 rings (SSSR count). The van der Waals surface area contributed by atoms with Gasteiger partial charge in [-0.05, 0) is 32.0 Å². The molecule has 5 heteroatoms. The third-order valence-corrected chi connectivity index (χ3v) is 2.83. The minimum Gasteiger partial charge on any atom is -0.325 e. The van der Waals surface area contributed by atoms with Gasteiger partial charge >= 0.3 is 6.03 Å². The van der Waals surface area contributed by atoms with E-state index in [1.54, 1.807) is 23.1 Å². The van der Waals surface area contributed by atoms with Crippen LogP contribution in [0.25, 0.3) is 0 Å². The summed E-state index contributed by atoms with van der Waals surface area (Å²) in [5, 5.41) is 3.37. The van der Waals surface area contributed by atoms with E-state index >= 15 is 0 Å². The third kappa shape index (κ3) is 4.47. The van der Waals surface area contributed by atoms with Crippen LogP contribution < -0.4 is 11.1 Å². The summed E-state index contributed by atoms with van der Waals surface area (Å²) in [7, 11) is 0. The number of nitrogens with zero attached hydrogens (tertiary/aromatic N) is 1. The smallest absolute Gasteiger partial charge is 0.321 e. The molecular formula is C14H18ClN3O. The van der Waals surface area contributed by atoms with Crippen molar-refractivity contribution in [3.05, 3.63) is 28.8 Å². The van der Waals surface area contributed by atoms with Crippen LogP contribution in [0.3, 0.4) is 0 Å². The number of nitrogens with one attached hydrogen (secondary N) is 1. The molecule has 4 nitrogen and oxygen atoms in total. The van der Waals surface area contributed by atoms with Gasteiger partial charge in [-0.1, -0.05) is 23.4 Å². The molecule has 0 atom stereocenters. The molecular weight excluding hydrogens is 262 g/mol. The SMILES string of the molecule is CCN(CC)C(=O)Nc1cc(Cl)ccc1C#CCN. The first-order chi connectivity index (χ1) is 9.12. The molecule has 0 aliphatic heterocycles. The van der Waals surface area contributed by atoms with Gasteiger partial charge in [0.2, 0.25) is 0 Å². The summed E-state index contributed by atoms with van der Waals surface area (Å²) in [5.74, 6) is 5.68. The van der Waals surface area contributed by atoms with E-state index in [0.717, 1.165) is 0 Å². The molecule has 0 saturated heterocycles. The van der Waals surface area contributed by atoms with E-state index in [1.807, 2.05) is 13.8 Å². The van der Waals surface area contributed by atoms with Crippen LogP contribution in [0, 0.1) is 11.8 Å². The van der Waals surface area contributed by atoms with Crippen LogP contribution in [0.15, 0.2) is 18.2 Å². The first-order valence-corrected chi connectivity index (χ1v) is 6.54. The van der Waals surface area contributed by atoms with Gasteiger partial charge < -0.3 is 16.0 Å². The van der Waals surface area contributed by atoms with Gasteiger partial charge in [-0.25, -0.2) is 4.79 Å². The second-order valence-corrected chi connectivity index (χ2v) is 4.23. The normalized spacial score (nSPS) is 9.47. The topological polar surface area (TPSA) is 58.4 Å². The lowest BCUT2D eigenvalue weighted by Crippen LogP contribution is -2.34. The maximum absolute atomic E-state index is 12.0. The number of hydrogen-bond donors (Lipinski definition) is 2. The third-order valence-electron chi connectivity index (χ3n) is 2.60. The number of hydrogen-bond acceptors (Lipinski definition) is 2. The zero-order chi connectivity index (χ0) is 14.3. The highest BCUT2D eigenvalue weighted by Crippen LogP contribution is 2.20. The van der Waals surface area contributed by atoms with Crippen LogP contribution in [-0.2, 0) is 0 Å². The van der Waals surface area contributed by atoms with Gasteiger partial charge in [0.1, 0.15) is 0 Å². The molecule has 0 radical (unpaired) electrons. The van der Waals surface area contributed by atoms with Crippen LogP contribution in [0.2, 0.25) is 5.02 Å². The maximum Gasteiger partial charge on any atom is 0.321 e. The molecule has 0 bridgehead atoms. The van der Waals surface area contributed by atoms with E-state index in [4.69, 9.17) is 17.3 Å². The lowest BCUT2D eigenvalue weighted by molar-refractivity contribution is 0.217. The van der Waals surface area contributed by atoms with Gasteiger partial charge in [0.25, 0.3) is 0 Å². The van der Waals surface area contributed by atoms with Crippen LogP contribution in [0.1, 0.15) is 19.4 Å². The van der Waals surface area contributed by atoms with Crippen molar-refractivity contribution in [1.29, 1.82) is 0 Å². The van der Waals surface area contributed by atoms with E-state index in [1.165, 1.54) is 0 Å². The predicted molar refractivity (Wildman–Crippen MR) is 79.3 cm³/mol. The summed E-state index contributed by atoms with van der Waals surface area (Å²) in [6.07, 6.45) is 0. The Kier molecular flexibility index (Phi) is 6.20. The monoisotopic (exact) mass is 279 g/mol. The number of anilines is 1. The molecule has 0 aromatic heterocycles. The Morgan fingerprint density at radius 1 is 1.42 bits per heavy atom. The van der Waals surface area contributed by atoms with Crippen LogP contribution in [0.4, 0.5) is 10.5 Å². The molecule has 0 spiro atoms. The lowest BCUT2D eigenvalue weighted by atomic mass is 10.2. The number of amides is 2. The van der Waals surface area contributed by atoms with E-state index in [-0.39, 0.29) is 12.6 Å². The molecule has 0 aliphatic carbocycles. The fraction of sp³-hybridized carbons (Fsp3) is 0.357. The van der Waals surface area contributed by atoms with Crippen molar-refractivity contribution in [3.8, 4) is 11.8 Å². The number of carbonyl (C=O) groups excluding carboxylic acids is 1. The van der Waals surface area contributed by atoms with Crippen molar-refractivity contribution < 1.29 is 4.79 Å². The zero-order valence-electron chi connectivity index (χ0n) is 11.2. The van der Waals surface area contributed by atoms with Crippen molar-refractivity contribution in [2.75, 3.05) is 25.0 Å². The highest BCUT2D eigenvalue weighted by atomic mass is 35.5.